The molecule has 1 aromatic heterocycles. The van der Waals surface area contributed by atoms with Gasteiger partial charge in [-0.25, -0.2) is 0 Å². The Bertz CT molecular complexity index is 760. The molecule has 0 unspecified atom stereocenters. The Labute approximate surface area is 144 Å². The first-order valence-corrected chi connectivity index (χ1v) is 7.85. The van der Waals surface area contributed by atoms with Gasteiger partial charge >= 0.3 is 13.3 Å². The van der Waals surface area contributed by atoms with Crippen LogP contribution in [0.2, 0.25) is 0 Å². The molecule has 1 aliphatic rings. The van der Waals surface area contributed by atoms with Crippen LogP contribution in [-0.4, -0.2) is 28.3 Å². The van der Waals surface area contributed by atoms with Gasteiger partial charge in [-0.3, -0.25) is 9.97 Å². The van der Waals surface area contributed by atoms with Crippen molar-refractivity contribution in [2.45, 2.75) is 45.1 Å². The minimum Gasteiger partial charge on any atom is -0.398 e. The van der Waals surface area contributed by atoms with E-state index in [-0.39, 0.29) is 0 Å². The van der Waals surface area contributed by atoms with Crippen LogP contribution in [0.5, 0.6) is 0 Å². The predicted octanol–water partition coefficient (Wildman–Crippen LogP) is 3.46. The van der Waals surface area contributed by atoms with Crippen LogP contribution in [0.15, 0.2) is 36.7 Å². The number of nitrogens with zero attached hydrogens (tertiary/aromatic N) is 2. The van der Waals surface area contributed by atoms with Gasteiger partial charge in [-0.2, -0.15) is 13.2 Å². The summed E-state index contributed by atoms with van der Waals surface area (Å²) in [5.74, 6) is 0. The second-order valence-corrected chi connectivity index (χ2v) is 6.99. The first-order valence-electron chi connectivity index (χ1n) is 7.85. The highest BCUT2D eigenvalue weighted by molar-refractivity contribution is 6.61. The molecule has 1 aromatic carbocycles. The van der Waals surface area contributed by atoms with E-state index in [1.807, 2.05) is 27.7 Å². The van der Waals surface area contributed by atoms with Crippen LogP contribution < -0.4 is 5.59 Å². The molecule has 25 heavy (non-hydrogen) atoms. The maximum atomic E-state index is 12.7. The van der Waals surface area contributed by atoms with E-state index in [1.54, 1.807) is 0 Å². The van der Waals surface area contributed by atoms with Gasteiger partial charge in [0.15, 0.2) is 0 Å². The van der Waals surface area contributed by atoms with Crippen molar-refractivity contribution in [3.63, 3.8) is 0 Å². The molecule has 0 atom stereocenters. The minimum absolute atomic E-state index is 0.459. The highest BCUT2D eigenvalue weighted by Gasteiger charge is 2.52. The molecule has 132 valence electrons. The number of hydrogen-bond donors (Lipinski definition) is 0. The molecule has 0 spiro atoms. The number of rotatable bonds is 2. The van der Waals surface area contributed by atoms with Crippen LogP contribution in [-0.2, 0) is 15.5 Å². The molecule has 1 saturated heterocycles. The molecule has 4 nitrogen and oxygen atoms in total. The molecule has 0 bridgehead atoms. The van der Waals surface area contributed by atoms with Gasteiger partial charge in [0.1, 0.15) is 0 Å². The summed E-state index contributed by atoms with van der Waals surface area (Å²) < 4.78 is 49.9. The van der Waals surface area contributed by atoms with E-state index < -0.39 is 30.1 Å². The summed E-state index contributed by atoms with van der Waals surface area (Å²) in [7, 11) is -0.674. The van der Waals surface area contributed by atoms with Crippen LogP contribution >= 0.6 is 0 Å². The molecular formula is C17H18BF3N2O2. The van der Waals surface area contributed by atoms with Crippen LogP contribution in [0, 0.1) is 0 Å². The third-order valence-corrected chi connectivity index (χ3v) is 4.66. The SMILES string of the molecule is CC1(C)OB(c2cncc(-c3ccc(C(F)(F)F)cc3)n2)OC1(C)C. The van der Waals surface area contributed by atoms with Crippen LogP contribution in [0.4, 0.5) is 13.2 Å². The third kappa shape index (κ3) is 3.41. The van der Waals surface area contributed by atoms with Gasteiger partial charge in [0.25, 0.3) is 0 Å². The molecule has 2 heterocycles. The van der Waals surface area contributed by atoms with E-state index in [9.17, 15) is 13.2 Å². The molecule has 1 fully saturated rings. The fourth-order valence-electron chi connectivity index (χ4n) is 2.43. The van der Waals surface area contributed by atoms with Gasteiger partial charge in [0, 0.05) is 11.8 Å². The third-order valence-electron chi connectivity index (χ3n) is 4.66. The van der Waals surface area contributed by atoms with Crippen molar-refractivity contribution in [3.05, 3.63) is 42.2 Å². The summed E-state index contributed by atoms with van der Waals surface area (Å²) in [5.41, 5.74) is -0.241. The zero-order valence-corrected chi connectivity index (χ0v) is 14.4. The summed E-state index contributed by atoms with van der Waals surface area (Å²) in [5, 5.41) is 0. The Morgan fingerprint density at radius 3 is 2.00 bits per heavy atom. The maximum Gasteiger partial charge on any atom is 0.516 e. The normalized spacial score (nSPS) is 19.2. The van der Waals surface area contributed by atoms with Gasteiger partial charge in [0.2, 0.25) is 0 Å². The molecule has 0 radical (unpaired) electrons. The summed E-state index contributed by atoms with van der Waals surface area (Å²) in [6.45, 7) is 7.72. The summed E-state index contributed by atoms with van der Waals surface area (Å²) in [6.07, 6.45) is -1.33. The summed E-state index contributed by atoms with van der Waals surface area (Å²) in [6, 6.07) is 4.80. The molecule has 1 aliphatic heterocycles. The van der Waals surface area contributed by atoms with Gasteiger partial charge in [0.05, 0.1) is 34.2 Å². The minimum atomic E-state index is -4.37. The fraction of sp³-hybridized carbons (Fsp3) is 0.412. The average molecular weight is 350 g/mol. The van der Waals surface area contributed by atoms with Crippen molar-refractivity contribution in [2.24, 2.45) is 0 Å². The van der Waals surface area contributed by atoms with Crippen molar-refractivity contribution in [2.75, 3.05) is 0 Å². The van der Waals surface area contributed by atoms with Crippen LogP contribution in [0.25, 0.3) is 11.3 Å². The van der Waals surface area contributed by atoms with E-state index in [2.05, 4.69) is 9.97 Å². The molecule has 0 aliphatic carbocycles. The topological polar surface area (TPSA) is 44.2 Å². The second-order valence-electron chi connectivity index (χ2n) is 6.99. The monoisotopic (exact) mass is 350 g/mol. The maximum absolute atomic E-state index is 12.7. The first kappa shape index (κ1) is 17.9. The number of aromatic nitrogens is 2. The highest BCUT2D eigenvalue weighted by Crippen LogP contribution is 2.36. The Kier molecular flexibility index (Phi) is 4.16. The Hall–Kier alpha value is -1.93. The van der Waals surface area contributed by atoms with Crippen molar-refractivity contribution in [3.8, 4) is 11.3 Å². The smallest absolute Gasteiger partial charge is 0.398 e. The lowest BCUT2D eigenvalue weighted by atomic mass is 9.85. The Morgan fingerprint density at radius 1 is 0.920 bits per heavy atom. The van der Waals surface area contributed by atoms with Gasteiger partial charge in [-0.05, 0) is 39.8 Å². The average Bonchev–Trinajstić information content (AvgIpc) is 2.75. The summed E-state index contributed by atoms with van der Waals surface area (Å²) in [4.78, 5) is 8.58. The highest BCUT2D eigenvalue weighted by atomic mass is 19.4. The van der Waals surface area contributed by atoms with Crippen molar-refractivity contribution in [1.29, 1.82) is 0 Å². The quantitative estimate of drug-likeness (QED) is 0.778. The molecule has 0 N–H and O–H groups in total. The lowest BCUT2D eigenvalue weighted by molar-refractivity contribution is -0.137. The Morgan fingerprint density at radius 2 is 1.48 bits per heavy atom. The lowest BCUT2D eigenvalue weighted by Gasteiger charge is -2.32. The molecule has 8 heteroatoms. The van der Waals surface area contributed by atoms with E-state index in [4.69, 9.17) is 9.31 Å². The fourth-order valence-corrected chi connectivity index (χ4v) is 2.43. The van der Waals surface area contributed by atoms with Crippen LogP contribution in [0.1, 0.15) is 33.3 Å². The van der Waals surface area contributed by atoms with Crippen molar-refractivity contribution < 1.29 is 22.5 Å². The van der Waals surface area contributed by atoms with E-state index in [0.29, 0.717) is 16.9 Å². The van der Waals surface area contributed by atoms with Gasteiger partial charge < -0.3 is 9.31 Å². The second kappa shape index (κ2) is 5.81. The molecule has 0 saturated carbocycles. The van der Waals surface area contributed by atoms with E-state index >= 15 is 0 Å². The Balaban J connectivity index is 1.88. The largest absolute Gasteiger partial charge is 0.516 e. The predicted molar refractivity (Wildman–Crippen MR) is 88.2 cm³/mol. The number of halogens is 3. The van der Waals surface area contributed by atoms with Crippen LogP contribution in [0.3, 0.4) is 0 Å². The zero-order chi connectivity index (χ0) is 18.5. The zero-order valence-electron chi connectivity index (χ0n) is 14.4. The first-order chi connectivity index (χ1) is 11.5. The van der Waals surface area contributed by atoms with Crippen molar-refractivity contribution >= 4 is 12.7 Å². The van der Waals surface area contributed by atoms with Crippen molar-refractivity contribution in [1.82, 2.24) is 9.97 Å². The molecule has 0 amide bonds. The van der Waals surface area contributed by atoms with Gasteiger partial charge in [-0.1, -0.05) is 12.1 Å². The molecule has 3 rings (SSSR count). The number of benzene rings is 1. The number of hydrogen-bond acceptors (Lipinski definition) is 4. The van der Waals surface area contributed by atoms with E-state index in [1.165, 1.54) is 24.5 Å². The summed E-state index contributed by atoms with van der Waals surface area (Å²) >= 11 is 0. The van der Waals surface area contributed by atoms with E-state index in [0.717, 1.165) is 12.1 Å². The van der Waals surface area contributed by atoms with Gasteiger partial charge in [-0.15, -0.1) is 0 Å². The lowest BCUT2D eigenvalue weighted by Crippen LogP contribution is -2.41. The standard InChI is InChI=1S/C17H18BF3N2O2/c1-15(2)16(3,4)25-18(24-15)14-10-22-9-13(23-14)11-5-7-12(8-6-11)17(19,20)21/h5-10H,1-4H3. The molecule has 2 aromatic rings. The number of alkyl halides is 3. The molecular weight excluding hydrogens is 332 g/mol.